The molecule has 3 nitrogen and oxygen atoms in total. The molecule has 0 amide bonds. The molecule has 0 saturated heterocycles. The maximum Gasteiger partial charge on any atom is 0.224 e. The van der Waals surface area contributed by atoms with Crippen LogP contribution in [0, 0.1) is 24.2 Å². The lowest BCUT2D eigenvalue weighted by molar-refractivity contribution is -0.0597. The van der Waals surface area contributed by atoms with Gasteiger partial charge in [-0.05, 0) is 37.2 Å². The van der Waals surface area contributed by atoms with Crippen molar-refractivity contribution in [2.24, 2.45) is 17.3 Å². The van der Waals surface area contributed by atoms with Gasteiger partial charge in [-0.25, -0.2) is 0 Å². The maximum atomic E-state index is 12.9. The third kappa shape index (κ3) is 2.10. The first kappa shape index (κ1) is 15.5. The molecule has 0 aliphatic heterocycles. The van der Waals surface area contributed by atoms with Crippen molar-refractivity contribution in [2.75, 3.05) is 6.61 Å². The second-order valence-electron chi connectivity index (χ2n) is 7.48. The van der Waals surface area contributed by atoms with E-state index in [-0.39, 0.29) is 17.3 Å². The van der Waals surface area contributed by atoms with Gasteiger partial charge in [0, 0.05) is 23.2 Å². The van der Waals surface area contributed by atoms with Crippen LogP contribution in [0.25, 0.3) is 0 Å². The molecule has 0 unspecified atom stereocenters. The number of hydrogen-bond donors (Lipinski definition) is 0. The number of rotatable bonds is 3. The zero-order chi connectivity index (χ0) is 16.1. The summed E-state index contributed by atoms with van der Waals surface area (Å²) < 4.78 is 11.9. The van der Waals surface area contributed by atoms with Crippen molar-refractivity contribution in [2.45, 2.75) is 53.6 Å². The first-order chi connectivity index (χ1) is 10.4. The molecular formula is C19H26O3. The van der Waals surface area contributed by atoms with Crippen molar-refractivity contribution < 1.29 is 13.9 Å². The second kappa shape index (κ2) is 5.38. The monoisotopic (exact) mass is 302 g/mol. The Labute approximate surface area is 132 Å². The lowest BCUT2D eigenvalue weighted by atomic mass is 9.58. The molecule has 3 heteroatoms. The van der Waals surface area contributed by atoms with E-state index in [2.05, 4.69) is 33.8 Å². The van der Waals surface area contributed by atoms with Crippen LogP contribution in [-0.2, 0) is 4.74 Å². The average molecular weight is 302 g/mol. The molecule has 120 valence electrons. The van der Waals surface area contributed by atoms with E-state index in [0.717, 1.165) is 29.5 Å². The first-order valence-corrected chi connectivity index (χ1v) is 8.32. The number of hydrogen-bond acceptors (Lipinski definition) is 3. The van der Waals surface area contributed by atoms with E-state index in [1.165, 1.54) is 0 Å². The Morgan fingerprint density at radius 3 is 2.86 bits per heavy atom. The van der Waals surface area contributed by atoms with Gasteiger partial charge in [0.05, 0.1) is 12.4 Å². The molecule has 3 atom stereocenters. The number of aryl methyl sites for hydroxylation is 1. The minimum Gasteiger partial charge on any atom is -0.460 e. The van der Waals surface area contributed by atoms with Gasteiger partial charge in [-0.15, -0.1) is 0 Å². The van der Waals surface area contributed by atoms with Crippen LogP contribution in [0.5, 0.6) is 0 Å². The van der Waals surface area contributed by atoms with Crippen LogP contribution in [-0.4, -0.2) is 12.4 Å². The van der Waals surface area contributed by atoms with Crippen LogP contribution in [0.1, 0.15) is 68.3 Å². The zero-order valence-electron chi connectivity index (χ0n) is 14.2. The summed E-state index contributed by atoms with van der Waals surface area (Å²) in [6, 6.07) is 0. The Balaban J connectivity index is 2.15. The lowest BCUT2D eigenvalue weighted by Crippen LogP contribution is -2.44. The van der Waals surface area contributed by atoms with Crippen LogP contribution in [0.15, 0.2) is 22.3 Å². The van der Waals surface area contributed by atoms with Crippen LogP contribution in [0.3, 0.4) is 0 Å². The molecule has 0 radical (unpaired) electrons. The van der Waals surface area contributed by atoms with Gasteiger partial charge in [-0.3, -0.25) is 4.79 Å². The van der Waals surface area contributed by atoms with Crippen LogP contribution < -0.4 is 0 Å². The van der Waals surface area contributed by atoms with E-state index >= 15 is 0 Å². The van der Waals surface area contributed by atoms with E-state index in [0.29, 0.717) is 24.2 Å². The van der Waals surface area contributed by atoms with Crippen molar-refractivity contribution >= 4 is 5.78 Å². The summed E-state index contributed by atoms with van der Waals surface area (Å²) in [5.74, 6) is 1.42. The van der Waals surface area contributed by atoms with E-state index in [1.807, 2.05) is 6.92 Å². The molecule has 0 N–H and O–H groups in total. The first-order valence-electron chi connectivity index (χ1n) is 8.32. The van der Waals surface area contributed by atoms with Gasteiger partial charge in [-0.1, -0.05) is 33.8 Å². The Bertz CT molecular complexity index is 623. The van der Waals surface area contributed by atoms with Crippen LogP contribution in [0.2, 0.25) is 0 Å². The molecule has 22 heavy (non-hydrogen) atoms. The van der Waals surface area contributed by atoms with Crippen molar-refractivity contribution in [3.05, 3.63) is 34.8 Å². The van der Waals surface area contributed by atoms with Crippen molar-refractivity contribution in [3.8, 4) is 0 Å². The second-order valence-corrected chi connectivity index (χ2v) is 7.48. The minimum absolute atomic E-state index is 0.0570. The molecule has 3 rings (SSSR count). The van der Waals surface area contributed by atoms with E-state index in [4.69, 9.17) is 9.15 Å². The van der Waals surface area contributed by atoms with Gasteiger partial charge < -0.3 is 9.15 Å². The Hall–Kier alpha value is -1.35. The highest BCUT2D eigenvalue weighted by Gasteiger charge is 2.53. The number of furan rings is 1. The fourth-order valence-electron chi connectivity index (χ4n) is 3.92. The number of carbonyl (C=O) groups is 1. The van der Waals surface area contributed by atoms with Crippen molar-refractivity contribution in [1.82, 2.24) is 0 Å². The predicted molar refractivity (Wildman–Crippen MR) is 85.9 cm³/mol. The molecule has 1 aromatic rings. The van der Waals surface area contributed by atoms with Gasteiger partial charge in [0.15, 0.2) is 5.76 Å². The summed E-state index contributed by atoms with van der Waals surface area (Å²) in [5.41, 5.74) is 2.63. The summed E-state index contributed by atoms with van der Waals surface area (Å²) in [5, 5.41) is 0. The molecule has 0 spiro atoms. The number of ether oxygens (including phenoxy) is 1. The Morgan fingerprint density at radius 2 is 2.18 bits per heavy atom. The number of allylic oxidation sites excluding steroid dienone is 1. The highest BCUT2D eigenvalue weighted by molar-refractivity contribution is 6.10. The number of fused-ring (bicyclic) bond motifs is 2. The van der Waals surface area contributed by atoms with Gasteiger partial charge in [0.2, 0.25) is 5.78 Å². The normalized spacial score (nSPS) is 31.0. The van der Waals surface area contributed by atoms with Crippen LogP contribution in [0.4, 0.5) is 0 Å². The van der Waals surface area contributed by atoms with Crippen molar-refractivity contribution in [3.63, 3.8) is 0 Å². The largest absolute Gasteiger partial charge is 0.460 e. The smallest absolute Gasteiger partial charge is 0.224 e. The molecule has 2 aliphatic rings. The summed E-state index contributed by atoms with van der Waals surface area (Å²) in [6.07, 6.45) is 5.77. The Morgan fingerprint density at radius 1 is 1.45 bits per heavy atom. The molecule has 1 heterocycles. The highest BCUT2D eigenvalue weighted by atomic mass is 16.5. The van der Waals surface area contributed by atoms with Gasteiger partial charge in [0.25, 0.3) is 0 Å². The molecule has 2 aliphatic carbocycles. The fraction of sp³-hybridized carbons (Fsp3) is 0.632. The number of Topliss-reactive ketones (excluding diaryl/α,β-unsaturated/α-hetero) is 1. The van der Waals surface area contributed by atoms with E-state index in [9.17, 15) is 4.79 Å². The SMILES string of the molecule is Cc1coc2c1[C@@H](OCC(C)C)[C@@]1(C)C(=CCC[C@@H]1C)C2=O. The minimum atomic E-state index is -0.258. The number of carbonyl (C=O) groups excluding carboxylic acids is 1. The van der Waals surface area contributed by atoms with E-state index in [1.54, 1.807) is 6.26 Å². The predicted octanol–water partition coefficient (Wildman–Crippen LogP) is 4.86. The molecule has 0 bridgehead atoms. The summed E-state index contributed by atoms with van der Waals surface area (Å²) in [7, 11) is 0. The fourth-order valence-corrected chi connectivity index (χ4v) is 3.92. The summed E-state index contributed by atoms with van der Waals surface area (Å²) >= 11 is 0. The zero-order valence-corrected chi connectivity index (χ0v) is 14.2. The topological polar surface area (TPSA) is 39.4 Å². The van der Waals surface area contributed by atoms with Crippen molar-refractivity contribution in [1.29, 1.82) is 0 Å². The maximum absolute atomic E-state index is 12.9. The van der Waals surface area contributed by atoms with Gasteiger partial charge >= 0.3 is 0 Å². The quantitative estimate of drug-likeness (QED) is 0.800. The average Bonchev–Trinajstić information content (AvgIpc) is 2.83. The summed E-state index contributed by atoms with van der Waals surface area (Å²) in [6.45, 7) is 11.4. The molecular weight excluding hydrogens is 276 g/mol. The molecule has 0 aromatic carbocycles. The molecule has 0 saturated carbocycles. The summed E-state index contributed by atoms with van der Waals surface area (Å²) in [4.78, 5) is 12.9. The third-order valence-electron chi connectivity index (χ3n) is 5.43. The standard InChI is InChI=1S/C19H26O3/c1-11(2)9-22-18-15-12(3)10-21-17(15)16(20)14-8-6-7-13(4)19(14,18)5/h8,10-11,13,18H,6-7,9H2,1-5H3/t13-,18+,19+/m0/s1. The van der Waals surface area contributed by atoms with Gasteiger partial charge in [-0.2, -0.15) is 0 Å². The number of ketones is 1. The van der Waals surface area contributed by atoms with E-state index < -0.39 is 0 Å². The highest BCUT2D eigenvalue weighted by Crippen LogP contribution is 2.57. The lowest BCUT2D eigenvalue weighted by Gasteiger charge is -2.48. The third-order valence-corrected chi connectivity index (χ3v) is 5.43. The molecule has 0 fully saturated rings. The van der Waals surface area contributed by atoms with Gasteiger partial charge in [0.1, 0.15) is 0 Å². The Kier molecular flexibility index (Phi) is 3.80. The molecule has 1 aromatic heterocycles. The van der Waals surface area contributed by atoms with Crippen LogP contribution >= 0.6 is 0 Å².